The van der Waals surface area contributed by atoms with Crippen LogP contribution in [0.2, 0.25) is 0 Å². The Morgan fingerprint density at radius 2 is 1.84 bits per heavy atom. The van der Waals surface area contributed by atoms with E-state index in [4.69, 9.17) is 14.8 Å². The highest BCUT2D eigenvalue weighted by molar-refractivity contribution is 6.58. The summed E-state index contributed by atoms with van der Waals surface area (Å²) in [5.74, 6) is 0.121. The van der Waals surface area contributed by atoms with E-state index < -0.39 is 12.9 Å². The molecular weight excluding hydrogens is 248 g/mol. The maximum Gasteiger partial charge on any atom is 0.491 e. The molecule has 0 bridgehead atoms. The van der Waals surface area contributed by atoms with Crippen LogP contribution in [0.5, 0.6) is 11.5 Å². The summed E-state index contributed by atoms with van der Waals surface area (Å²) in [6.45, 7) is 0. The number of anilines is 1. The molecule has 98 valence electrons. The molecule has 0 radical (unpaired) electrons. The van der Waals surface area contributed by atoms with Crippen LogP contribution in [0.3, 0.4) is 0 Å². The Bertz CT molecular complexity index is 578. The molecule has 0 spiro atoms. The summed E-state index contributed by atoms with van der Waals surface area (Å²) < 4.78 is 19.0. The van der Waals surface area contributed by atoms with Crippen LogP contribution >= 0.6 is 0 Å². The fraction of sp³-hybridized carbons (Fsp3) is 0.0769. The molecule has 19 heavy (non-hydrogen) atoms. The summed E-state index contributed by atoms with van der Waals surface area (Å²) in [6, 6.07) is 11.1. The molecule has 3 N–H and O–H groups in total. The van der Waals surface area contributed by atoms with Crippen molar-refractivity contribution in [1.82, 2.24) is 0 Å². The molecule has 2 rings (SSSR count). The van der Waals surface area contributed by atoms with Crippen molar-refractivity contribution in [2.24, 2.45) is 0 Å². The van der Waals surface area contributed by atoms with Gasteiger partial charge < -0.3 is 20.1 Å². The number of benzene rings is 2. The van der Waals surface area contributed by atoms with Crippen LogP contribution in [0.15, 0.2) is 42.5 Å². The number of rotatable bonds is 4. The Labute approximate surface area is 110 Å². The first-order valence-electron chi connectivity index (χ1n) is 5.71. The highest BCUT2D eigenvalue weighted by Crippen LogP contribution is 2.24. The summed E-state index contributed by atoms with van der Waals surface area (Å²) in [7, 11) is -0.0439. The number of ether oxygens (including phenoxy) is 1. The molecule has 0 aliphatic carbocycles. The third-order valence-electron chi connectivity index (χ3n) is 2.61. The first kappa shape index (κ1) is 13.4. The predicted molar refractivity (Wildman–Crippen MR) is 72.3 cm³/mol. The van der Waals surface area contributed by atoms with Gasteiger partial charge in [-0.3, -0.25) is 0 Å². The van der Waals surface area contributed by atoms with Gasteiger partial charge in [-0.2, -0.15) is 0 Å². The van der Waals surface area contributed by atoms with E-state index >= 15 is 0 Å². The molecule has 0 aromatic heterocycles. The van der Waals surface area contributed by atoms with Crippen LogP contribution < -0.4 is 15.5 Å². The van der Waals surface area contributed by atoms with Crippen molar-refractivity contribution >= 4 is 18.3 Å². The first-order valence-corrected chi connectivity index (χ1v) is 5.71. The highest BCUT2D eigenvalue weighted by Gasteiger charge is 2.16. The molecule has 0 aliphatic heterocycles. The minimum Gasteiger partial charge on any atom is -0.457 e. The van der Waals surface area contributed by atoms with E-state index in [0.29, 0.717) is 5.75 Å². The van der Waals surface area contributed by atoms with Crippen LogP contribution in [0.1, 0.15) is 0 Å². The molecule has 0 saturated heterocycles. The normalized spacial score (nSPS) is 10.1. The quantitative estimate of drug-likeness (QED) is 0.727. The Morgan fingerprint density at radius 1 is 1.11 bits per heavy atom. The fourth-order valence-electron chi connectivity index (χ4n) is 1.63. The van der Waals surface area contributed by atoms with Gasteiger partial charge in [-0.25, -0.2) is 4.39 Å². The second kappa shape index (κ2) is 5.73. The molecule has 0 heterocycles. The Kier molecular flexibility index (Phi) is 4.04. The minimum absolute atomic E-state index is 0.184. The van der Waals surface area contributed by atoms with Gasteiger partial charge >= 0.3 is 7.12 Å². The van der Waals surface area contributed by atoms with Crippen LogP contribution in [-0.2, 0) is 0 Å². The topological polar surface area (TPSA) is 61.7 Å². The molecule has 2 aromatic rings. The molecule has 4 nitrogen and oxygen atoms in total. The van der Waals surface area contributed by atoms with Crippen molar-refractivity contribution in [3.05, 3.63) is 48.3 Å². The SMILES string of the molecule is CNc1cccc(Oc2ccc(B(O)O)c(F)c2)c1. The maximum atomic E-state index is 13.5. The second-order valence-electron chi connectivity index (χ2n) is 3.94. The molecule has 0 unspecified atom stereocenters. The van der Waals surface area contributed by atoms with Crippen LogP contribution in [0.4, 0.5) is 10.1 Å². The Balaban J connectivity index is 2.21. The summed E-state index contributed by atoms with van der Waals surface area (Å²) in [4.78, 5) is 0. The van der Waals surface area contributed by atoms with Gasteiger partial charge in [0, 0.05) is 30.3 Å². The van der Waals surface area contributed by atoms with Gasteiger partial charge in [0.15, 0.2) is 0 Å². The smallest absolute Gasteiger partial charge is 0.457 e. The van der Waals surface area contributed by atoms with Crippen molar-refractivity contribution in [3.8, 4) is 11.5 Å². The monoisotopic (exact) mass is 261 g/mol. The third kappa shape index (κ3) is 3.24. The fourth-order valence-corrected chi connectivity index (χ4v) is 1.63. The van der Waals surface area contributed by atoms with E-state index in [0.717, 1.165) is 11.8 Å². The highest BCUT2D eigenvalue weighted by atomic mass is 19.1. The largest absolute Gasteiger partial charge is 0.491 e. The van der Waals surface area contributed by atoms with Crippen molar-refractivity contribution in [3.63, 3.8) is 0 Å². The zero-order chi connectivity index (χ0) is 13.8. The van der Waals surface area contributed by atoms with Gasteiger partial charge in [0.05, 0.1) is 0 Å². The zero-order valence-corrected chi connectivity index (χ0v) is 10.3. The van der Waals surface area contributed by atoms with E-state index in [9.17, 15) is 4.39 Å². The van der Waals surface area contributed by atoms with Crippen LogP contribution in [0, 0.1) is 5.82 Å². The molecule has 0 saturated carbocycles. The maximum absolute atomic E-state index is 13.5. The second-order valence-corrected chi connectivity index (χ2v) is 3.94. The zero-order valence-electron chi connectivity index (χ0n) is 10.3. The summed E-state index contributed by atoms with van der Waals surface area (Å²) in [5.41, 5.74) is 0.691. The van der Waals surface area contributed by atoms with Gasteiger partial charge in [-0.1, -0.05) is 12.1 Å². The molecule has 0 atom stereocenters. The lowest BCUT2D eigenvalue weighted by atomic mass is 9.80. The number of halogens is 1. The predicted octanol–water partition coefficient (Wildman–Crippen LogP) is 1.34. The lowest BCUT2D eigenvalue weighted by molar-refractivity contribution is 0.422. The molecular formula is C13H13BFNO3. The summed E-state index contributed by atoms with van der Waals surface area (Å²) in [5, 5.41) is 20.8. The molecule has 0 aliphatic rings. The van der Waals surface area contributed by atoms with E-state index in [1.807, 2.05) is 12.1 Å². The molecule has 0 amide bonds. The minimum atomic E-state index is -1.83. The van der Waals surface area contributed by atoms with Gasteiger partial charge in [-0.05, 0) is 18.2 Å². The third-order valence-corrected chi connectivity index (χ3v) is 2.61. The van der Waals surface area contributed by atoms with Gasteiger partial charge in [0.1, 0.15) is 17.3 Å². The van der Waals surface area contributed by atoms with E-state index in [1.54, 1.807) is 19.2 Å². The number of hydrogen-bond donors (Lipinski definition) is 3. The lowest BCUT2D eigenvalue weighted by Gasteiger charge is -2.09. The summed E-state index contributed by atoms with van der Waals surface area (Å²) in [6.07, 6.45) is 0. The first-order chi connectivity index (χ1) is 9.10. The molecule has 6 heteroatoms. The molecule has 2 aromatic carbocycles. The van der Waals surface area contributed by atoms with Crippen molar-refractivity contribution in [2.45, 2.75) is 0 Å². The summed E-state index contributed by atoms with van der Waals surface area (Å²) >= 11 is 0. The average molecular weight is 261 g/mol. The van der Waals surface area contributed by atoms with Crippen molar-refractivity contribution < 1.29 is 19.2 Å². The van der Waals surface area contributed by atoms with Gasteiger partial charge in [0.2, 0.25) is 0 Å². The van der Waals surface area contributed by atoms with E-state index in [2.05, 4.69) is 5.32 Å². The Morgan fingerprint density at radius 3 is 2.47 bits per heavy atom. The van der Waals surface area contributed by atoms with Crippen molar-refractivity contribution in [1.29, 1.82) is 0 Å². The van der Waals surface area contributed by atoms with Gasteiger partial charge in [-0.15, -0.1) is 0 Å². The van der Waals surface area contributed by atoms with E-state index in [1.165, 1.54) is 12.1 Å². The molecule has 0 fully saturated rings. The lowest BCUT2D eigenvalue weighted by Crippen LogP contribution is -2.32. The average Bonchev–Trinajstić information content (AvgIpc) is 2.38. The van der Waals surface area contributed by atoms with Crippen molar-refractivity contribution in [2.75, 3.05) is 12.4 Å². The number of nitrogens with one attached hydrogen (secondary N) is 1. The van der Waals surface area contributed by atoms with Gasteiger partial charge in [0.25, 0.3) is 0 Å². The van der Waals surface area contributed by atoms with Crippen LogP contribution in [0.25, 0.3) is 0 Å². The standard InChI is InChI=1S/C13H13BFNO3/c1-16-9-3-2-4-10(7-9)19-11-5-6-12(14(17)18)13(15)8-11/h2-8,16-18H,1H3. The number of hydrogen-bond acceptors (Lipinski definition) is 4. The van der Waals surface area contributed by atoms with Crippen LogP contribution in [-0.4, -0.2) is 24.2 Å². The Hall–Kier alpha value is -2.05. The van der Waals surface area contributed by atoms with E-state index in [-0.39, 0.29) is 11.2 Å².